The third kappa shape index (κ3) is 2.73. The molecule has 0 unspecified atom stereocenters. The van der Waals surface area contributed by atoms with Crippen LogP contribution in [0.5, 0.6) is 0 Å². The Labute approximate surface area is 109 Å². The van der Waals surface area contributed by atoms with Crippen molar-refractivity contribution in [2.75, 3.05) is 7.11 Å². The van der Waals surface area contributed by atoms with Gasteiger partial charge in [-0.15, -0.1) is 0 Å². The van der Waals surface area contributed by atoms with E-state index in [1.165, 1.54) is 7.11 Å². The standard InChI is InChI=1S/C13H13NO5/c1-18-12(16)11-10(7-15)14(11)13(17)19-8-9-5-3-2-4-6-9/h2-7,10-11H,8H2,1H3/t10-,11+,14?/m1/s1. The molecule has 100 valence electrons. The molecule has 0 radical (unpaired) electrons. The zero-order valence-electron chi connectivity index (χ0n) is 10.3. The highest BCUT2D eigenvalue weighted by Gasteiger charge is 2.57. The molecule has 0 aliphatic carbocycles. The molecule has 2 atom stereocenters. The zero-order chi connectivity index (χ0) is 13.8. The number of esters is 1. The molecular formula is C13H13NO5. The first-order valence-corrected chi connectivity index (χ1v) is 5.71. The van der Waals surface area contributed by atoms with E-state index >= 15 is 0 Å². The summed E-state index contributed by atoms with van der Waals surface area (Å²) in [5.74, 6) is -0.617. The number of aldehydes is 1. The van der Waals surface area contributed by atoms with Gasteiger partial charge in [0.15, 0.2) is 6.04 Å². The Morgan fingerprint density at radius 1 is 1.32 bits per heavy atom. The third-order valence-corrected chi connectivity index (χ3v) is 2.85. The van der Waals surface area contributed by atoms with Crippen molar-refractivity contribution in [1.82, 2.24) is 4.90 Å². The van der Waals surface area contributed by atoms with E-state index in [4.69, 9.17) is 4.74 Å². The largest absolute Gasteiger partial charge is 0.467 e. The summed E-state index contributed by atoms with van der Waals surface area (Å²) in [4.78, 5) is 34.8. The molecular weight excluding hydrogens is 250 g/mol. The van der Waals surface area contributed by atoms with Crippen molar-refractivity contribution >= 4 is 18.3 Å². The molecule has 1 amide bonds. The summed E-state index contributed by atoms with van der Waals surface area (Å²) >= 11 is 0. The molecule has 0 aromatic heterocycles. The van der Waals surface area contributed by atoms with Crippen LogP contribution in [0, 0.1) is 0 Å². The molecule has 2 rings (SSSR count). The molecule has 1 aromatic rings. The molecule has 0 N–H and O–H groups in total. The van der Waals surface area contributed by atoms with Crippen LogP contribution >= 0.6 is 0 Å². The Hall–Kier alpha value is -2.37. The van der Waals surface area contributed by atoms with Crippen LogP contribution in [0.1, 0.15) is 5.56 Å². The number of hydrogen-bond acceptors (Lipinski definition) is 5. The summed E-state index contributed by atoms with van der Waals surface area (Å²) in [5.41, 5.74) is 0.829. The first kappa shape index (κ1) is 13.1. The van der Waals surface area contributed by atoms with E-state index in [-0.39, 0.29) is 6.61 Å². The van der Waals surface area contributed by atoms with E-state index in [2.05, 4.69) is 4.74 Å². The van der Waals surface area contributed by atoms with E-state index in [0.717, 1.165) is 10.5 Å². The van der Waals surface area contributed by atoms with Gasteiger partial charge >= 0.3 is 12.1 Å². The van der Waals surface area contributed by atoms with Gasteiger partial charge in [-0.25, -0.2) is 9.59 Å². The fourth-order valence-electron chi connectivity index (χ4n) is 1.79. The van der Waals surface area contributed by atoms with Gasteiger partial charge in [-0.1, -0.05) is 30.3 Å². The summed E-state index contributed by atoms with van der Waals surface area (Å²) in [5, 5.41) is 0. The highest BCUT2D eigenvalue weighted by Crippen LogP contribution is 2.28. The Balaban J connectivity index is 1.90. The summed E-state index contributed by atoms with van der Waals surface area (Å²) in [6.07, 6.45) is -0.165. The second-order valence-electron chi connectivity index (χ2n) is 4.04. The van der Waals surface area contributed by atoms with E-state index in [1.54, 1.807) is 0 Å². The van der Waals surface area contributed by atoms with Gasteiger partial charge in [-0.3, -0.25) is 4.90 Å². The number of carbonyl (C=O) groups excluding carboxylic acids is 3. The lowest BCUT2D eigenvalue weighted by Crippen LogP contribution is -2.20. The van der Waals surface area contributed by atoms with Crippen LogP contribution in [-0.2, 0) is 25.7 Å². The van der Waals surface area contributed by atoms with Gasteiger partial charge in [-0.05, 0) is 5.56 Å². The van der Waals surface area contributed by atoms with Crippen molar-refractivity contribution in [3.05, 3.63) is 35.9 Å². The second-order valence-corrected chi connectivity index (χ2v) is 4.04. The first-order chi connectivity index (χ1) is 9.19. The van der Waals surface area contributed by atoms with E-state index in [1.807, 2.05) is 30.3 Å². The molecule has 1 saturated heterocycles. The smallest absolute Gasteiger partial charge is 0.411 e. The Morgan fingerprint density at radius 2 is 2.00 bits per heavy atom. The van der Waals surface area contributed by atoms with Gasteiger partial charge in [-0.2, -0.15) is 0 Å². The van der Waals surface area contributed by atoms with Gasteiger partial charge in [0.2, 0.25) is 0 Å². The number of nitrogens with zero attached hydrogens (tertiary/aromatic N) is 1. The maximum absolute atomic E-state index is 11.7. The number of amides is 1. The lowest BCUT2D eigenvalue weighted by Gasteiger charge is -2.06. The molecule has 1 aliphatic heterocycles. The molecule has 19 heavy (non-hydrogen) atoms. The Kier molecular flexibility index (Phi) is 3.79. The predicted molar refractivity (Wildman–Crippen MR) is 64.1 cm³/mol. The van der Waals surface area contributed by atoms with Gasteiger partial charge in [0.05, 0.1) is 7.11 Å². The maximum atomic E-state index is 11.7. The van der Waals surface area contributed by atoms with Crippen molar-refractivity contribution in [2.45, 2.75) is 18.7 Å². The Bertz CT molecular complexity index is 487. The molecule has 1 aliphatic rings. The SMILES string of the molecule is COC(=O)[C@@H]1[C@@H](C=O)N1C(=O)OCc1ccccc1. The van der Waals surface area contributed by atoms with E-state index in [9.17, 15) is 14.4 Å². The van der Waals surface area contributed by atoms with Crippen LogP contribution in [0.3, 0.4) is 0 Å². The van der Waals surface area contributed by atoms with Crippen LogP contribution < -0.4 is 0 Å². The third-order valence-electron chi connectivity index (χ3n) is 2.85. The summed E-state index contributed by atoms with van der Waals surface area (Å²) in [6.45, 7) is 0.0929. The van der Waals surface area contributed by atoms with Crippen LogP contribution in [0.25, 0.3) is 0 Å². The van der Waals surface area contributed by atoms with Crippen LogP contribution in [0.4, 0.5) is 4.79 Å². The van der Waals surface area contributed by atoms with Crippen molar-refractivity contribution in [2.24, 2.45) is 0 Å². The van der Waals surface area contributed by atoms with Crippen molar-refractivity contribution in [1.29, 1.82) is 0 Å². The van der Waals surface area contributed by atoms with Crippen LogP contribution in [0.15, 0.2) is 30.3 Å². The first-order valence-electron chi connectivity index (χ1n) is 5.71. The minimum Gasteiger partial charge on any atom is -0.467 e. The van der Waals surface area contributed by atoms with Gasteiger partial charge in [0.25, 0.3) is 0 Å². The number of methoxy groups -OCH3 is 1. The molecule has 0 saturated carbocycles. The second kappa shape index (κ2) is 5.51. The monoisotopic (exact) mass is 263 g/mol. The highest BCUT2D eigenvalue weighted by molar-refractivity contribution is 5.94. The molecule has 6 nitrogen and oxygen atoms in total. The number of carbonyl (C=O) groups is 3. The number of ether oxygens (including phenoxy) is 2. The zero-order valence-corrected chi connectivity index (χ0v) is 10.3. The lowest BCUT2D eigenvalue weighted by atomic mass is 10.2. The predicted octanol–water partition coefficient (Wildman–Crippen LogP) is 0.748. The van der Waals surface area contributed by atoms with Crippen LogP contribution in [-0.4, -0.2) is 42.4 Å². The van der Waals surface area contributed by atoms with Crippen LogP contribution in [0.2, 0.25) is 0 Å². The minimum atomic E-state index is -0.856. The van der Waals surface area contributed by atoms with Crippen molar-refractivity contribution in [3.63, 3.8) is 0 Å². The maximum Gasteiger partial charge on any atom is 0.411 e. The molecule has 0 bridgehead atoms. The average molecular weight is 263 g/mol. The average Bonchev–Trinajstić information content (AvgIpc) is 3.19. The fourth-order valence-corrected chi connectivity index (χ4v) is 1.79. The summed E-state index contributed by atoms with van der Waals surface area (Å²) in [7, 11) is 1.20. The summed E-state index contributed by atoms with van der Waals surface area (Å²) in [6, 6.07) is 7.49. The van der Waals surface area contributed by atoms with Gasteiger partial charge in [0.1, 0.15) is 18.9 Å². The number of hydrogen-bond donors (Lipinski definition) is 0. The lowest BCUT2D eigenvalue weighted by molar-refractivity contribution is -0.141. The molecule has 1 fully saturated rings. The molecule has 1 heterocycles. The normalized spacial score (nSPS) is 20.6. The molecule has 1 aromatic carbocycles. The number of benzene rings is 1. The van der Waals surface area contributed by atoms with Gasteiger partial charge < -0.3 is 14.3 Å². The van der Waals surface area contributed by atoms with Crippen molar-refractivity contribution < 1.29 is 23.9 Å². The van der Waals surface area contributed by atoms with E-state index < -0.39 is 24.1 Å². The molecule has 6 heteroatoms. The highest BCUT2D eigenvalue weighted by atomic mass is 16.6. The summed E-state index contributed by atoms with van der Waals surface area (Å²) < 4.78 is 9.53. The molecule has 0 spiro atoms. The topological polar surface area (TPSA) is 72.7 Å². The van der Waals surface area contributed by atoms with Gasteiger partial charge in [0, 0.05) is 0 Å². The van der Waals surface area contributed by atoms with Crippen molar-refractivity contribution in [3.8, 4) is 0 Å². The fraction of sp³-hybridized carbons (Fsp3) is 0.308. The number of rotatable bonds is 4. The quantitative estimate of drug-likeness (QED) is 0.455. The minimum absolute atomic E-state index is 0.0929. The Morgan fingerprint density at radius 3 is 2.58 bits per heavy atom. The van der Waals surface area contributed by atoms with E-state index in [0.29, 0.717) is 6.29 Å².